The van der Waals surface area contributed by atoms with Crippen LogP contribution < -0.4 is 0 Å². The van der Waals surface area contributed by atoms with E-state index < -0.39 is 0 Å². The molecule has 0 radical (unpaired) electrons. The fourth-order valence-electron chi connectivity index (χ4n) is 1.34. The summed E-state index contributed by atoms with van der Waals surface area (Å²) in [5.74, 6) is 0.495. The van der Waals surface area contributed by atoms with Crippen molar-refractivity contribution in [3.05, 3.63) is 0 Å². The molecule has 0 aromatic rings. The van der Waals surface area contributed by atoms with E-state index >= 15 is 0 Å². The third-order valence-electron chi connectivity index (χ3n) is 2.18. The highest BCUT2D eigenvalue weighted by atomic mass is 32.1. The largest absolute Gasteiger partial charge is 0.342 e. The molecule has 84 valence electrons. The maximum absolute atomic E-state index is 11.9. The monoisotopic (exact) mass is 217 g/mol. The molecule has 1 atom stereocenters. The Labute approximate surface area is 93.5 Å². The summed E-state index contributed by atoms with van der Waals surface area (Å²) in [5, 5.41) is -0.145. The van der Waals surface area contributed by atoms with E-state index in [-0.39, 0.29) is 11.2 Å². The lowest BCUT2D eigenvalue weighted by atomic mass is 10.1. The smallest absolute Gasteiger partial charge is 0.235 e. The van der Waals surface area contributed by atoms with Gasteiger partial charge in [0.1, 0.15) is 0 Å². The minimum absolute atomic E-state index is 0.145. The van der Waals surface area contributed by atoms with Crippen LogP contribution in [0.2, 0.25) is 0 Å². The van der Waals surface area contributed by atoms with Gasteiger partial charge in [0.05, 0.1) is 5.25 Å². The Kier molecular flexibility index (Phi) is 7.06. The second-order valence-electron chi connectivity index (χ2n) is 4.01. The van der Waals surface area contributed by atoms with Crippen LogP contribution in [0.5, 0.6) is 0 Å². The number of amides is 1. The Bertz CT molecular complexity index is 165. The molecule has 14 heavy (non-hydrogen) atoms. The minimum atomic E-state index is -0.145. The molecule has 3 heteroatoms. The second-order valence-corrected chi connectivity index (χ2v) is 4.57. The molecule has 0 aromatic carbocycles. The zero-order chi connectivity index (χ0) is 11.1. The van der Waals surface area contributed by atoms with Crippen molar-refractivity contribution < 1.29 is 4.79 Å². The van der Waals surface area contributed by atoms with Crippen molar-refractivity contribution in [1.29, 1.82) is 0 Å². The van der Waals surface area contributed by atoms with Crippen molar-refractivity contribution in [3.8, 4) is 0 Å². The Morgan fingerprint density at radius 2 is 1.64 bits per heavy atom. The third kappa shape index (κ3) is 4.36. The van der Waals surface area contributed by atoms with E-state index in [9.17, 15) is 4.79 Å². The summed E-state index contributed by atoms with van der Waals surface area (Å²) in [4.78, 5) is 13.8. The molecule has 1 amide bonds. The van der Waals surface area contributed by atoms with E-state index in [1.54, 1.807) is 0 Å². The van der Waals surface area contributed by atoms with Gasteiger partial charge in [-0.3, -0.25) is 4.79 Å². The Balaban J connectivity index is 4.26. The number of carbonyl (C=O) groups excluding carboxylic acids is 1. The van der Waals surface area contributed by atoms with Gasteiger partial charge >= 0.3 is 0 Å². The summed E-state index contributed by atoms with van der Waals surface area (Å²) in [5.41, 5.74) is 0. The average Bonchev–Trinajstić information content (AvgIpc) is 2.15. The number of carbonyl (C=O) groups is 1. The predicted molar refractivity (Wildman–Crippen MR) is 64.8 cm³/mol. The molecular formula is C11H23NOS. The highest BCUT2D eigenvalue weighted by Crippen LogP contribution is 2.13. The van der Waals surface area contributed by atoms with Crippen LogP contribution in [0, 0.1) is 5.92 Å². The van der Waals surface area contributed by atoms with Gasteiger partial charge in [0.15, 0.2) is 0 Å². The van der Waals surface area contributed by atoms with Crippen LogP contribution in [0.15, 0.2) is 0 Å². The molecule has 0 bridgehead atoms. The molecule has 2 nitrogen and oxygen atoms in total. The summed E-state index contributed by atoms with van der Waals surface area (Å²) in [6, 6.07) is 0. The highest BCUT2D eigenvalue weighted by Gasteiger charge is 2.22. The standard InChI is InChI=1S/C11H23NOS/c1-5-7-12(8-6-2)11(13)10(14)9(3)4/h9-10,14H,5-8H2,1-4H3. The number of nitrogens with zero attached hydrogens (tertiary/aromatic N) is 1. The molecule has 0 heterocycles. The van der Waals surface area contributed by atoms with Crippen LogP contribution in [0.25, 0.3) is 0 Å². The average molecular weight is 217 g/mol. The fourth-order valence-corrected chi connectivity index (χ4v) is 1.51. The molecule has 1 unspecified atom stereocenters. The van der Waals surface area contributed by atoms with Crippen LogP contribution in [-0.2, 0) is 4.79 Å². The number of hydrogen-bond acceptors (Lipinski definition) is 2. The van der Waals surface area contributed by atoms with Gasteiger partial charge in [0, 0.05) is 13.1 Å². The lowest BCUT2D eigenvalue weighted by molar-refractivity contribution is -0.131. The van der Waals surface area contributed by atoms with E-state index in [0.717, 1.165) is 25.9 Å². The Hall–Kier alpha value is -0.180. The molecule has 0 N–H and O–H groups in total. The van der Waals surface area contributed by atoms with Crippen molar-refractivity contribution >= 4 is 18.5 Å². The van der Waals surface area contributed by atoms with Gasteiger partial charge in [-0.1, -0.05) is 27.7 Å². The van der Waals surface area contributed by atoms with E-state index in [2.05, 4.69) is 26.5 Å². The zero-order valence-corrected chi connectivity index (χ0v) is 10.7. The SMILES string of the molecule is CCCN(CCC)C(=O)C(S)C(C)C. The zero-order valence-electron chi connectivity index (χ0n) is 9.79. The molecule has 0 rings (SSSR count). The number of hydrogen-bond donors (Lipinski definition) is 1. The van der Waals surface area contributed by atoms with Gasteiger partial charge in [-0.15, -0.1) is 0 Å². The van der Waals surface area contributed by atoms with Crippen molar-refractivity contribution in [2.24, 2.45) is 5.92 Å². The van der Waals surface area contributed by atoms with Gasteiger partial charge in [-0.25, -0.2) is 0 Å². The van der Waals surface area contributed by atoms with Crippen LogP contribution >= 0.6 is 12.6 Å². The van der Waals surface area contributed by atoms with Crippen molar-refractivity contribution in [1.82, 2.24) is 4.90 Å². The molecular weight excluding hydrogens is 194 g/mol. The van der Waals surface area contributed by atoms with Crippen LogP contribution in [0.1, 0.15) is 40.5 Å². The Morgan fingerprint density at radius 3 is 1.93 bits per heavy atom. The topological polar surface area (TPSA) is 20.3 Å². The minimum Gasteiger partial charge on any atom is -0.342 e. The van der Waals surface area contributed by atoms with Crippen LogP contribution in [-0.4, -0.2) is 29.1 Å². The first-order valence-corrected chi connectivity index (χ1v) is 6.03. The predicted octanol–water partition coefficient (Wildman–Crippen LogP) is 2.59. The van der Waals surface area contributed by atoms with Gasteiger partial charge < -0.3 is 4.90 Å². The van der Waals surface area contributed by atoms with Gasteiger partial charge in [-0.05, 0) is 18.8 Å². The van der Waals surface area contributed by atoms with E-state index in [0.29, 0.717) is 5.92 Å². The maximum Gasteiger partial charge on any atom is 0.235 e. The molecule has 0 saturated heterocycles. The molecule has 0 aliphatic heterocycles. The van der Waals surface area contributed by atoms with Gasteiger partial charge in [0.25, 0.3) is 0 Å². The third-order valence-corrected chi connectivity index (χ3v) is 3.00. The summed E-state index contributed by atoms with van der Waals surface area (Å²) < 4.78 is 0. The summed E-state index contributed by atoms with van der Waals surface area (Å²) in [6.45, 7) is 9.97. The van der Waals surface area contributed by atoms with Gasteiger partial charge in [0.2, 0.25) is 5.91 Å². The second kappa shape index (κ2) is 7.16. The maximum atomic E-state index is 11.9. The highest BCUT2D eigenvalue weighted by molar-refractivity contribution is 7.81. The van der Waals surface area contributed by atoms with E-state index in [1.807, 2.05) is 18.7 Å². The summed E-state index contributed by atoms with van der Waals surface area (Å²) >= 11 is 4.35. The molecule has 0 aliphatic rings. The number of rotatable bonds is 6. The Morgan fingerprint density at radius 1 is 1.21 bits per heavy atom. The van der Waals surface area contributed by atoms with Crippen LogP contribution in [0.4, 0.5) is 0 Å². The lowest BCUT2D eigenvalue weighted by Crippen LogP contribution is -2.39. The van der Waals surface area contributed by atoms with Crippen molar-refractivity contribution in [2.45, 2.75) is 45.8 Å². The van der Waals surface area contributed by atoms with Crippen LogP contribution in [0.3, 0.4) is 0 Å². The first-order chi connectivity index (χ1) is 6.54. The van der Waals surface area contributed by atoms with Gasteiger partial charge in [-0.2, -0.15) is 12.6 Å². The first kappa shape index (κ1) is 13.8. The summed E-state index contributed by atoms with van der Waals surface area (Å²) in [6.07, 6.45) is 2.04. The molecule has 0 aromatic heterocycles. The first-order valence-electron chi connectivity index (χ1n) is 5.51. The molecule has 0 aliphatic carbocycles. The lowest BCUT2D eigenvalue weighted by Gasteiger charge is -2.26. The molecule has 0 spiro atoms. The molecule has 0 saturated carbocycles. The quantitative estimate of drug-likeness (QED) is 0.678. The van der Waals surface area contributed by atoms with Crippen molar-refractivity contribution in [2.75, 3.05) is 13.1 Å². The normalized spacial score (nSPS) is 13.0. The fraction of sp³-hybridized carbons (Fsp3) is 0.909. The van der Waals surface area contributed by atoms with Crippen molar-refractivity contribution in [3.63, 3.8) is 0 Å². The van der Waals surface area contributed by atoms with E-state index in [4.69, 9.17) is 0 Å². The summed E-state index contributed by atoms with van der Waals surface area (Å²) in [7, 11) is 0. The molecule has 0 fully saturated rings. The number of thiol groups is 1. The van der Waals surface area contributed by atoms with E-state index in [1.165, 1.54) is 0 Å².